The number of aromatic nitrogens is 1. The molecule has 1 N–H and O–H groups in total. The zero-order valence-corrected chi connectivity index (χ0v) is 21.3. The second-order valence-electron chi connectivity index (χ2n) is 8.60. The Labute approximate surface area is 209 Å². The van der Waals surface area contributed by atoms with Gasteiger partial charge in [-0.15, -0.1) is 11.8 Å². The van der Waals surface area contributed by atoms with E-state index in [1.54, 1.807) is 32.4 Å². The lowest BCUT2D eigenvalue weighted by Crippen LogP contribution is -2.49. The van der Waals surface area contributed by atoms with E-state index in [1.807, 2.05) is 53.8 Å². The van der Waals surface area contributed by atoms with E-state index >= 15 is 0 Å². The van der Waals surface area contributed by atoms with Crippen molar-refractivity contribution in [3.63, 3.8) is 0 Å². The van der Waals surface area contributed by atoms with Gasteiger partial charge in [0, 0.05) is 41.2 Å². The van der Waals surface area contributed by atoms with Gasteiger partial charge in [-0.1, -0.05) is 18.2 Å². The van der Waals surface area contributed by atoms with E-state index in [2.05, 4.69) is 5.32 Å². The van der Waals surface area contributed by atoms with Crippen molar-refractivity contribution in [2.24, 2.45) is 0 Å². The van der Waals surface area contributed by atoms with Crippen molar-refractivity contribution in [2.45, 2.75) is 37.5 Å². The number of anilines is 1. The number of nitrogens with one attached hydrogen (secondary N) is 1. The summed E-state index contributed by atoms with van der Waals surface area (Å²) >= 11 is 1.44. The molecule has 0 aliphatic carbocycles. The van der Waals surface area contributed by atoms with E-state index in [4.69, 9.17) is 14.2 Å². The Morgan fingerprint density at radius 2 is 1.83 bits per heavy atom. The Bertz CT molecular complexity index is 1200. The minimum absolute atomic E-state index is 0.0260. The number of carbonyl (C=O) groups excluding carboxylic acids is 2. The molecule has 3 aromatic rings. The van der Waals surface area contributed by atoms with Gasteiger partial charge in [0.25, 0.3) is 0 Å². The summed E-state index contributed by atoms with van der Waals surface area (Å²) in [4.78, 5) is 28.6. The fourth-order valence-corrected chi connectivity index (χ4v) is 5.21. The van der Waals surface area contributed by atoms with Crippen molar-refractivity contribution < 1.29 is 23.8 Å². The molecule has 2 amide bonds. The number of thioether (sulfide) groups is 1. The number of nitrogens with zero attached hydrogens (tertiary/aromatic N) is 2. The molecular weight excluding hydrogens is 466 g/mol. The van der Waals surface area contributed by atoms with Gasteiger partial charge in [0.15, 0.2) is 0 Å². The third kappa shape index (κ3) is 5.91. The van der Waals surface area contributed by atoms with Crippen LogP contribution >= 0.6 is 11.8 Å². The van der Waals surface area contributed by atoms with Crippen LogP contribution in [0.25, 0.3) is 10.9 Å². The normalized spacial score (nSPS) is 17.9. The van der Waals surface area contributed by atoms with Gasteiger partial charge in [-0.2, -0.15) is 0 Å². The van der Waals surface area contributed by atoms with Crippen LogP contribution in [0, 0.1) is 0 Å². The van der Waals surface area contributed by atoms with Crippen LogP contribution in [-0.2, 0) is 20.9 Å². The lowest BCUT2D eigenvalue weighted by Gasteiger charge is -2.35. The number of morpholine rings is 1. The summed E-state index contributed by atoms with van der Waals surface area (Å²) in [5.74, 6) is 1.31. The van der Waals surface area contributed by atoms with Crippen molar-refractivity contribution in [1.29, 1.82) is 0 Å². The van der Waals surface area contributed by atoms with Crippen LogP contribution in [0.4, 0.5) is 5.69 Å². The van der Waals surface area contributed by atoms with Crippen LogP contribution in [0.1, 0.15) is 13.8 Å². The minimum Gasteiger partial charge on any atom is -0.497 e. The Morgan fingerprint density at radius 1 is 1.09 bits per heavy atom. The number of amides is 2. The smallest absolute Gasteiger partial charge is 0.242 e. The third-order valence-corrected chi connectivity index (χ3v) is 6.91. The molecule has 1 fully saturated rings. The average molecular weight is 498 g/mol. The third-order valence-electron chi connectivity index (χ3n) is 5.87. The minimum atomic E-state index is -0.150. The Hall–Kier alpha value is -3.17. The summed E-state index contributed by atoms with van der Waals surface area (Å²) in [5.41, 5.74) is 1.55. The Morgan fingerprint density at radius 3 is 2.54 bits per heavy atom. The summed E-state index contributed by atoms with van der Waals surface area (Å²) in [6.45, 7) is 5.42. The zero-order valence-electron chi connectivity index (χ0n) is 20.4. The predicted octanol–water partition coefficient (Wildman–Crippen LogP) is 4.03. The second kappa shape index (κ2) is 11.0. The van der Waals surface area contributed by atoms with Gasteiger partial charge < -0.3 is 29.0 Å². The molecule has 0 radical (unpaired) electrons. The van der Waals surface area contributed by atoms with Crippen LogP contribution in [-0.4, -0.2) is 66.6 Å². The molecule has 1 saturated heterocycles. The Kier molecular flexibility index (Phi) is 7.87. The SMILES string of the molecule is COc1ccc(NC(=O)CSc2cn(CC(=O)N3C[C@@H](C)O[C@H](C)C3)c3ccccc23)c(OC)c1. The topological polar surface area (TPSA) is 82.0 Å². The molecule has 2 heterocycles. The molecule has 8 nitrogen and oxygen atoms in total. The fourth-order valence-electron chi connectivity index (χ4n) is 4.32. The van der Waals surface area contributed by atoms with E-state index < -0.39 is 0 Å². The van der Waals surface area contributed by atoms with Gasteiger partial charge in [0.1, 0.15) is 18.0 Å². The number of hydrogen-bond acceptors (Lipinski definition) is 6. The molecule has 4 rings (SSSR count). The first-order valence-electron chi connectivity index (χ1n) is 11.5. The second-order valence-corrected chi connectivity index (χ2v) is 9.61. The van der Waals surface area contributed by atoms with Crippen molar-refractivity contribution in [1.82, 2.24) is 9.47 Å². The number of ether oxygens (including phenoxy) is 3. The fraction of sp³-hybridized carbons (Fsp3) is 0.385. The Balaban J connectivity index is 1.45. The number of hydrogen-bond donors (Lipinski definition) is 1. The molecule has 9 heteroatoms. The molecular formula is C26H31N3O5S. The largest absolute Gasteiger partial charge is 0.497 e. The van der Waals surface area contributed by atoms with Crippen molar-refractivity contribution in [3.05, 3.63) is 48.7 Å². The number of rotatable bonds is 8. The molecule has 1 aromatic heterocycles. The summed E-state index contributed by atoms with van der Waals surface area (Å²) in [7, 11) is 3.13. The average Bonchev–Trinajstić information content (AvgIpc) is 3.19. The number of benzene rings is 2. The van der Waals surface area contributed by atoms with Crippen molar-refractivity contribution >= 4 is 40.2 Å². The summed E-state index contributed by atoms with van der Waals surface area (Å²) in [6.07, 6.45) is 2.01. The van der Waals surface area contributed by atoms with Gasteiger partial charge in [-0.25, -0.2) is 0 Å². The number of para-hydroxylation sites is 1. The van der Waals surface area contributed by atoms with Gasteiger partial charge in [0.2, 0.25) is 11.8 Å². The molecule has 1 aliphatic rings. The van der Waals surface area contributed by atoms with Crippen molar-refractivity contribution in [3.8, 4) is 11.5 Å². The van der Waals surface area contributed by atoms with E-state index in [-0.39, 0.29) is 36.3 Å². The van der Waals surface area contributed by atoms with Gasteiger partial charge in [0.05, 0.1) is 37.9 Å². The van der Waals surface area contributed by atoms with Gasteiger partial charge >= 0.3 is 0 Å². The van der Waals surface area contributed by atoms with E-state index in [9.17, 15) is 9.59 Å². The number of methoxy groups -OCH3 is 2. The van der Waals surface area contributed by atoms with E-state index in [0.717, 1.165) is 15.8 Å². The number of carbonyl (C=O) groups is 2. The van der Waals surface area contributed by atoms with E-state index in [1.165, 1.54) is 11.8 Å². The quantitative estimate of drug-likeness (QED) is 0.474. The molecule has 0 bridgehead atoms. The highest BCUT2D eigenvalue weighted by atomic mass is 32.2. The first-order chi connectivity index (χ1) is 16.9. The van der Waals surface area contributed by atoms with Crippen LogP contribution in [0.3, 0.4) is 0 Å². The van der Waals surface area contributed by atoms with Crippen LogP contribution in [0.2, 0.25) is 0 Å². The molecule has 1 aliphatic heterocycles. The molecule has 35 heavy (non-hydrogen) atoms. The summed E-state index contributed by atoms with van der Waals surface area (Å²) in [6, 6.07) is 13.2. The van der Waals surface area contributed by atoms with Gasteiger partial charge in [-0.3, -0.25) is 9.59 Å². The maximum absolute atomic E-state index is 13.0. The highest BCUT2D eigenvalue weighted by Crippen LogP contribution is 2.32. The predicted molar refractivity (Wildman–Crippen MR) is 137 cm³/mol. The molecule has 0 saturated carbocycles. The van der Waals surface area contributed by atoms with Crippen LogP contribution < -0.4 is 14.8 Å². The summed E-state index contributed by atoms with van der Waals surface area (Å²) < 4.78 is 18.3. The lowest BCUT2D eigenvalue weighted by molar-refractivity contribution is -0.143. The lowest BCUT2D eigenvalue weighted by atomic mass is 10.2. The maximum Gasteiger partial charge on any atom is 0.242 e. The molecule has 186 valence electrons. The molecule has 2 aromatic carbocycles. The first-order valence-corrected chi connectivity index (χ1v) is 12.5. The van der Waals surface area contributed by atoms with Gasteiger partial charge in [-0.05, 0) is 32.0 Å². The number of fused-ring (bicyclic) bond motifs is 1. The summed E-state index contributed by atoms with van der Waals surface area (Å²) in [5, 5.41) is 3.92. The van der Waals surface area contributed by atoms with Crippen LogP contribution in [0.15, 0.2) is 53.6 Å². The van der Waals surface area contributed by atoms with E-state index in [0.29, 0.717) is 30.3 Å². The standard InChI is InChI=1S/C26H31N3O5S/c1-17-12-29(13-18(2)34-17)26(31)15-28-14-24(20-7-5-6-8-22(20)28)35-16-25(30)27-21-10-9-19(32-3)11-23(21)33-4/h5-11,14,17-18H,12-13,15-16H2,1-4H3,(H,27,30)/t17-,18-/m1/s1. The molecule has 0 spiro atoms. The monoisotopic (exact) mass is 497 g/mol. The highest BCUT2D eigenvalue weighted by molar-refractivity contribution is 8.00. The zero-order chi connectivity index (χ0) is 24.9. The first kappa shape index (κ1) is 24.9. The molecule has 0 unspecified atom stereocenters. The molecule has 2 atom stereocenters. The van der Waals surface area contributed by atoms with Crippen LogP contribution in [0.5, 0.6) is 11.5 Å². The highest BCUT2D eigenvalue weighted by Gasteiger charge is 2.26. The maximum atomic E-state index is 13.0. The van der Waals surface area contributed by atoms with Crippen molar-refractivity contribution in [2.75, 3.05) is 38.4 Å².